The Kier molecular flexibility index (Phi) is 5.66. The standard InChI is InChI=1S/C23H25N3S/c1-19-12-17-27-22(19)18-24-26-15-13-25(14-16-26)23(20-8-4-2-5-9-20)21-10-6-3-7-11-21/h2-12,17-18,23H,13-16H2,1H3. The van der Waals surface area contributed by atoms with Gasteiger partial charge in [-0.05, 0) is 35.1 Å². The molecule has 0 bridgehead atoms. The second-order valence-corrected chi connectivity index (χ2v) is 7.87. The van der Waals surface area contributed by atoms with Crippen molar-refractivity contribution < 1.29 is 0 Å². The molecule has 1 aromatic heterocycles. The first kappa shape index (κ1) is 18.0. The van der Waals surface area contributed by atoms with E-state index >= 15 is 0 Å². The molecule has 3 aromatic rings. The monoisotopic (exact) mass is 375 g/mol. The molecule has 4 rings (SSSR count). The van der Waals surface area contributed by atoms with Crippen LogP contribution in [0.4, 0.5) is 0 Å². The molecule has 1 aliphatic heterocycles. The van der Waals surface area contributed by atoms with Gasteiger partial charge in [0.25, 0.3) is 0 Å². The average molecular weight is 376 g/mol. The SMILES string of the molecule is Cc1ccsc1C=NN1CCN(C(c2ccccc2)c2ccccc2)CC1. The summed E-state index contributed by atoms with van der Waals surface area (Å²) in [7, 11) is 0. The zero-order chi connectivity index (χ0) is 18.5. The van der Waals surface area contributed by atoms with Crippen LogP contribution in [0.3, 0.4) is 0 Å². The van der Waals surface area contributed by atoms with Crippen LogP contribution in [0, 0.1) is 6.92 Å². The molecule has 0 amide bonds. The van der Waals surface area contributed by atoms with Crippen molar-refractivity contribution in [2.24, 2.45) is 5.10 Å². The van der Waals surface area contributed by atoms with Crippen LogP contribution in [0.1, 0.15) is 27.6 Å². The van der Waals surface area contributed by atoms with E-state index in [0.29, 0.717) is 6.04 Å². The topological polar surface area (TPSA) is 18.8 Å². The minimum atomic E-state index is 0.304. The summed E-state index contributed by atoms with van der Waals surface area (Å²) in [4.78, 5) is 3.83. The van der Waals surface area contributed by atoms with Gasteiger partial charge in [-0.25, -0.2) is 0 Å². The zero-order valence-corrected chi connectivity index (χ0v) is 16.5. The van der Waals surface area contributed by atoms with Gasteiger partial charge in [-0.15, -0.1) is 11.3 Å². The molecule has 4 heteroatoms. The first-order valence-electron chi connectivity index (χ1n) is 9.48. The Morgan fingerprint density at radius 2 is 1.44 bits per heavy atom. The van der Waals surface area contributed by atoms with Gasteiger partial charge in [0.1, 0.15) is 0 Å². The van der Waals surface area contributed by atoms with E-state index in [1.54, 1.807) is 11.3 Å². The van der Waals surface area contributed by atoms with Gasteiger partial charge in [0.15, 0.2) is 0 Å². The summed E-state index contributed by atoms with van der Waals surface area (Å²) >= 11 is 1.75. The smallest absolute Gasteiger partial charge is 0.0645 e. The number of nitrogens with zero attached hydrogens (tertiary/aromatic N) is 3. The molecular formula is C23H25N3S. The van der Waals surface area contributed by atoms with Gasteiger partial charge in [0.2, 0.25) is 0 Å². The van der Waals surface area contributed by atoms with E-state index in [1.807, 2.05) is 6.21 Å². The highest BCUT2D eigenvalue weighted by atomic mass is 32.1. The Hall–Kier alpha value is -2.43. The van der Waals surface area contributed by atoms with Crippen LogP contribution in [0.5, 0.6) is 0 Å². The van der Waals surface area contributed by atoms with Crippen molar-refractivity contribution >= 4 is 17.6 Å². The van der Waals surface area contributed by atoms with Crippen LogP contribution in [-0.2, 0) is 0 Å². The van der Waals surface area contributed by atoms with Gasteiger partial charge in [0, 0.05) is 31.1 Å². The van der Waals surface area contributed by atoms with E-state index < -0.39 is 0 Å². The molecule has 0 radical (unpaired) electrons. The molecule has 1 fully saturated rings. The van der Waals surface area contributed by atoms with Gasteiger partial charge in [-0.2, -0.15) is 5.10 Å². The fraction of sp³-hybridized carbons (Fsp3) is 0.261. The first-order chi connectivity index (χ1) is 13.3. The third kappa shape index (κ3) is 4.29. The molecule has 1 saturated heterocycles. The van der Waals surface area contributed by atoms with Crippen LogP contribution < -0.4 is 0 Å². The second-order valence-electron chi connectivity index (χ2n) is 6.93. The van der Waals surface area contributed by atoms with Crippen molar-refractivity contribution in [1.82, 2.24) is 9.91 Å². The predicted molar refractivity (Wildman–Crippen MR) is 115 cm³/mol. The minimum absolute atomic E-state index is 0.304. The Labute approximate surface area is 165 Å². The number of piperazine rings is 1. The number of hydrogen-bond donors (Lipinski definition) is 0. The zero-order valence-electron chi connectivity index (χ0n) is 15.7. The molecule has 2 heterocycles. The highest BCUT2D eigenvalue weighted by molar-refractivity contribution is 7.11. The van der Waals surface area contributed by atoms with Crippen LogP contribution in [-0.4, -0.2) is 42.3 Å². The van der Waals surface area contributed by atoms with E-state index in [4.69, 9.17) is 5.10 Å². The Balaban J connectivity index is 1.47. The number of hydrazone groups is 1. The van der Waals surface area contributed by atoms with Gasteiger partial charge < -0.3 is 0 Å². The molecule has 2 aromatic carbocycles. The van der Waals surface area contributed by atoms with Gasteiger partial charge in [-0.3, -0.25) is 9.91 Å². The fourth-order valence-electron chi connectivity index (χ4n) is 3.62. The predicted octanol–water partition coefficient (Wildman–Crippen LogP) is 4.80. The lowest BCUT2D eigenvalue weighted by Crippen LogP contribution is -2.45. The Bertz CT molecular complexity index is 825. The molecule has 138 valence electrons. The fourth-order valence-corrected chi connectivity index (χ4v) is 4.40. The summed E-state index contributed by atoms with van der Waals surface area (Å²) in [5.41, 5.74) is 4.01. The summed E-state index contributed by atoms with van der Waals surface area (Å²) in [5, 5.41) is 9.04. The molecule has 3 nitrogen and oxygen atoms in total. The summed E-state index contributed by atoms with van der Waals surface area (Å²) < 4.78 is 0. The van der Waals surface area contributed by atoms with Crippen molar-refractivity contribution in [2.45, 2.75) is 13.0 Å². The van der Waals surface area contributed by atoms with Crippen LogP contribution in [0.15, 0.2) is 77.2 Å². The van der Waals surface area contributed by atoms with Crippen molar-refractivity contribution in [3.63, 3.8) is 0 Å². The molecule has 0 aliphatic carbocycles. The van der Waals surface area contributed by atoms with Crippen LogP contribution >= 0.6 is 11.3 Å². The maximum atomic E-state index is 4.72. The molecular weight excluding hydrogens is 350 g/mol. The van der Waals surface area contributed by atoms with Gasteiger partial charge in [-0.1, -0.05) is 60.7 Å². The van der Waals surface area contributed by atoms with E-state index in [0.717, 1.165) is 26.2 Å². The lowest BCUT2D eigenvalue weighted by Gasteiger charge is -2.38. The molecule has 0 N–H and O–H groups in total. The van der Waals surface area contributed by atoms with Crippen molar-refractivity contribution in [3.05, 3.63) is 93.7 Å². The molecule has 1 aliphatic rings. The lowest BCUT2D eigenvalue weighted by molar-refractivity contribution is 0.113. The van der Waals surface area contributed by atoms with E-state index in [9.17, 15) is 0 Å². The Morgan fingerprint density at radius 1 is 0.852 bits per heavy atom. The third-order valence-corrected chi connectivity index (χ3v) is 6.08. The molecule has 27 heavy (non-hydrogen) atoms. The minimum Gasteiger partial charge on any atom is -0.294 e. The number of hydrogen-bond acceptors (Lipinski definition) is 4. The van der Waals surface area contributed by atoms with Crippen molar-refractivity contribution in [3.8, 4) is 0 Å². The second kappa shape index (κ2) is 8.51. The first-order valence-corrected chi connectivity index (χ1v) is 10.4. The summed E-state index contributed by atoms with van der Waals surface area (Å²) in [5.74, 6) is 0. The van der Waals surface area contributed by atoms with Crippen molar-refractivity contribution in [1.29, 1.82) is 0 Å². The molecule has 0 saturated carbocycles. The van der Waals surface area contributed by atoms with Crippen LogP contribution in [0.25, 0.3) is 0 Å². The molecule has 0 atom stereocenters. The van der Waals surface area contributed by atoms with E-state index in [1.165, 1.54) is 21.6 Å². The van der Waals surface area contributed by atoms with Crippen molar-refractivity contribution in [2.75, 3.05) is 26.2 Å². The van der Waals surface area contributed by atoms with E-state index in [-0.39, 0.29) is 0 Å². The summed E-state index contributed by atoms with van der Waals surface area (Å²) in [6.45, 7) is 6.07. The number of rotatable bonds is 5. The molecule has 0 unspecified atom stereocenters. The summed E-state index contributed by atoms with van der Waals surface area (Å²) in [6.07, 6.45) is 2.02. The third-order valence-electron chi connectivity index (χ3n) is 5.13. The average Bonchev–Trinajstić information content (AvgIpc) is 3.14. The normalized spacial score (nSPS) is 15.7. The molecule has 0 spiro atoms. The lowest BCUT2D eigenvalue weighted by atomic mass is 9.96. The summed E-state index contributed by atoms with van der Waals surface area (Å²) in [6, 6.07) is 24.1. The maximum absolute atomic E-state index is 4.72. The number of thiophene rings is 1. The van der Waals surface area contributed by atoms with Gasteiger partial charge in [0.05, 0.1) is 12.3 Å². The number of benzene rings is 2. The van der Waals surface area contributed by atoms with Gasteiger partial charge >= 0.3 is 0 Å². The highest BCUT2D eigenvalue weighted by Gasteiger charge is 2.25. The van der Waals surface area contributed by atoms with Crippen LogP contribution in [0.2, 0.25) is 0 Å². The number of aryl methyl sites for hydroxylation is 1. The quantitative estimate of drug-likeness (QED) is 0.597. The highest BCUT2D eigenvalue weighted by Crippen LogP contribution is 2.29. The maximum Gasteiger partial charge on any atom is 0.0645 e. The van der Waals surface area contributed by atoms with E-state index in [2.05, 4.69) is 88.9 Å². The largest absolute Gasteiger partial charge is 0.294 e. The Morgan fingerprint density at radius 3 is 1.96 bits per heavy atom.